The second kappa shape index (κ2) is 4.06. The van der Waals surface area contributed by atoms with Gasteiger partial charge in [0.05, 0.1) is 10.9 Å². The summed E-state index contributed by atoms with van der Waals surface area (Å²) in [6.07, 6.45) is 0.880. The molecule has 2 aromatic rings. The fourth-order valence-electron chi connectivity index (χ4n) is 2.23. The lowest BCUT2D eigenvalue weighted by Crippen LogP contribution is -2.29. The molecule has 6 heteroatoms. The average molecular weight is 248 g/mol. The molecule has 1 fully saturated rings. The van der Waals surface area contributed by atoms with Crippen molar-refractivity contribution in [3.05, 3.63) is 34.4 Å². The topological polar surface area (TPSA) is 75.0 Å². The summed E-state index contributed by atoms with van der Waals surface area (Å²) in [6, 6.07) is 4.12. The van der Waals surface area contributed by atoms with Crippen molar-refractivity contribution in [2.45, 2.75) is 12.5 Å². The lowest BCUT2D eigenvalue weighted by molar-refractivity contribution is 0.629. The third-order valence-electron chi connectivity index (χ3n) is 3.18. The van der Waals surface area contributed by atoms with Crippen LogP contribution in [0.5, 0.6) is 0 Å². The van der Waals surface area contributed by atoms with Crippen LogP contribution in [-0.4, -0.2) is 29.1 Å². The zero-order valence-corrected chi connectivity index (χ0v) is 9.69. The predicted molar refractivity (Wildman–Crippen MR) is 67.1 cm³/mol. The molecule has 1 aliphatic rings. The minimum atomic E-state index is -0.439. The van der Waals surface area contributed by atoms with Crippen molar-refractivity contribution in [2.75, 3.05) is 18.0 Å². The summed E-state index contributed by atoms with van der Waals surface area (Å²) in [7, 11) is 0. The van der Waals surface area contributed by atoms with E-state index in [0.29, 0.717) is 18.0 Å². The van der Waals surface area contributed by atoms with Gasteiger partial charge in [0.15, 0.2) is 0 Å². The number of hydrogen-bond acceptors (Lipinski definition) is 4. The van der Waals surface area contributed by atoms with Crippen LogP contribution < -0.4 is 16.2 Å². The lowest BCUT2D eigenvalue weighted by Gasteiger charge is -2.16. The van der Waals surface area contributed by atoms with Crippen LogP contribution in [0.3, 0.4) is 0 Å². The number of hydrogen-bond donors (Lipinski definition) is 2. The van der Waals surface area contributed by atoms with E-state index in [1.807, 2.05) is 4.90 Å². The quantitative estimate of drug-likeness (QED) is 0.775. The van der Waals surface area contributed by atoms with Crippen molar-refractivity contribution in [2.24, 2.45) is 5.73 Å². The third kappa shape index (κ3) is 1.84. The molecular formula is C12H13FN4O. The zero-order valence-electron chi connectivity index (χ0n) is 9.69. The van der Waals surface area contributed by atoms with Gasteiger partial charge in [0.25, 0.3) is 5.56 Å². The molecule has 1 saturated heterocycles. The predicted octanol–water partition coefficient (Wildman–Crippen LogP) is 0.600. The molecule has 1 aromatic heterocycles. The number of H-pyrrole nitrogens is 1. The fraction of sp³-hybridized carbons (Fsp3) is 0.333. The molecule has 0 spiro atoms. The number of nitrogens with zero attached hydrogens (tertiary/aromatic N) is 2. The number of rotatable bonds is 1. The van der Waals surface area contributed by atoms with E-state index >= 15 is 0 Å². The van der Waals surface area contributed by atoms with Gasteiger partial charge >= 0.3 is 0 Å². The fourth-order valence-corrected chi connectivity index (χ4v) is 2.23. The van der Waals surface area contributed by atoms with Crippen LogP contribution in [0.15, 0.2) is 23.0 Å². The van der Waals surface area contributed by atoms with Crippen LogP contribution in [0, 0.1) is 5.82 Å². The zero-order chi connectivity index (χ0) is 12.7. The van der Waals surface area contributed by atoms with E-state index in [0.717, 1.165) is 13.0 Å². The van der Waals surface area contributed by atoms with Gasteiger partial charge in [0.1, 0.15) is 5.82 Å². The second-order valence-corrected chi connectivity index (χ2v) is 4.55. The first kappa shape index (κ1) is 11.2. The number of halogens is 1. The second-order valence-electron chi connectivity index (χ2n) is 4.55. The third-order valence-corrected chi connectivity index (χ3v) is 3.18. The summed E-state index contributed by atoms with van der Waals surface area (Å²) in [5.74, 6) is 0.0674. The Hall–Kier alpha value is -1.95. The van der Waals surface area contributed by atoms with Gasteiger partial charge in [-0.15, -0.1) is 0 Å². The number of aromatic amines is 1. The summed E-state index contributed by atoms with van der Waals surface area (Å²) < 4.78 is 13.1. The highest BCUT2D eigenvalue weighted by molar-refractivity contribution is 5.78. The lowest BCUT2D eigenvalue weighted by atomic mass is 10.2. The number of nitrogens with one attached hydrogen (secondary N) is 1. The summed E-state index contributed by atoms with van der Waals surface area (Å²) >= 11 is 0. The number of fused-ring (bicyclic) bond motifs is 1. The maximum Gasteiger partial charge on any atom is 0.260 e. The Labute approximate surface area is 102 Å². The van der Waals surface area contributed by atoms with Gasteiger partial charge in [0, 0.05) is 19.1 Å². The molecule has 0 saturated carbocycles. The van der Waals surface area contributed by atoms with E-state index in [2.05, 4.69) is 9.97 Å². The highest BCUT2D eigenvalue weighted by atomic mass is 19.1. The average Bonchev–Trinajstić information content (AvgIpc) is 2.77. The van der Waals surface area contributed by atoms with E-state index in [1.54, 1.807) is 0 Å². The molecule has 0 bridgehead atoms. The van der Waals surface area contributed by atoms with E-state index in [4.69, 9.17) is 5.73 Å². The van der Waals surface area contributed by atoms with Gasteiger partial charge in [-0.1, -0.05) is 0 Å². The summed E-state index contributed by atoms with van der Waals surface area (Å²) in [6.45, 7) is 1.45. The first-order valence-corrected chi connectivity index (χ1v) is 5.83. The van der Waals surface area contributed by atoms with E-state index < -0.39 is 5.82 Å². The molecule has 0 radical (unpaired) electrons. The van der Waals surface area contributed by atoms with E-state index in [9.17, 15) is 9.18 Å². The molecule has 0 aliphatic carbocycles. The highest BCUT2D eigenvalue weighted by Gasteiger charge is 2.21. The molecule has 2 heterocycles. The Morgan fingerprint density at radius 1 is 1.50 bits per heavy atom. The van der Waals surface area contributed by atoms with Crippen molar-refractivity contribution >= 4 is 16.9 Å². The van der Waals surface area contributed by atoms with Crippen LogP contribution in [0.25, 0.3) is 10.9 Å². The highest BCUT2D eigenvalue weighted by Crippen LogP contribution is 2.17. The van der Waals surface area contributed by atoms with Gasteiger partial charge in [-0.3, -0.25) is 9.78 Å². The van der Waals surface area contributed by atoms with Gasteiger partial charge in [-0.05, 0) is 24.6 Å². The molecule has 18 heavy (non-hydrogen) atoms. The molecule has 1 aliphatic heterocycles. The van der Waals surface area contributed by atoms with Gasteiger partial charge in [-0.2, -0.15) is 0 Å². The van der Waals surface area contributed by atoms with Crippen LogP contribution >= 0.6 is 0 Å². The Kier molecular flexibility index (Phi) is 2.52. The Morgan fingerprint density at radius 2 is 2.33 bits per heavy atom. The minimum absolute atomic E-state index is 0.110. The smallest absolute Gasteiger partial charge is 0.260 e. The van der Waals surface area contributed by atoms with Crippen LogP contribution in [-0.2, 0) is 0 Å². The summed E-state index contributed by atoms with van der Waals surface area (Å²) in [5, 5.41) is 0.266. The first-order chi connectivity index (χ1) is 8.63. The van der Waals surface area contributed by atoms with Crippen molar-refractivity contribution in [1.82, 2.24) is 9.97 Å². The SMILES string of the molecule is NC1CCN(c2nc3ccc(F)cc3c(=O)[nH]2)C1. The van der Waals surface area contributed by atoms with Crippen LogP contribution in [0.2, 0.25) is 0 Å². The van der Waals surface area contributed by atoms with Crippen molar-refractivity contribution in [3.8, 4) is 0 Å². The maximum absolute atomic E-state index is 13.1. The largest absolute Gasteiger partial charge is 0.341 e. The van der Waals surface area contributed by atoms with E-state index in [1.165, 1.54) is 18.2 Å². The van der Waals surface area contributed by atoms with Crippen molar-refractivity contribution < 1.29 is 4.39 Å². The molecule has 94 valence electrons. The summed E-state index contributed by atoms with van der Waals surface area (Å²) in [4.78, 5) is 20.8. The Morgan fingerprint density at radius 3 is 3.06 bits per heavy atom. The van der Waals surface area contributed by atoms with Crippen LogP contribution in [0.4, 0.5) is 10.3 Å². The maximum atomic E-state index is 13.1. The number of nitrogens with two attached hydrogens (primary N) is 1. The number of anilines is 1. The first-order valence-electron chi connectivity index (χ1n) is 5.83. The van der Waals surface area contributed by atoms with Gasteiger partial charge in [0.2, 0.25) is 5.95 Å². The normalized spacial score (nSPS) is 19.7. The molecule has 0 amide bonds. The molecular weight excluding hydrogens is 235 g/mol. The summed E-state index contributed by atoms with van der Waals surface area (Å²) in [5.41, 5.74) is 5.99. The molecule has 1 aromatic carbocycles. The Balaban J connectivity index is 2.10. The Bertz CT molecular complexity index is 654. The van der Waals surface area contributed by atoms with E-state index in [-0.39, 0.29) is 17.0 Å². The molecule has 5 nitrogen and oxygen atoms in total. The monoisotopic (exact) mass is 248 g/mol. The van der Waals surface area contributed by atoms with Gasteiger partial charge < -0.3 is 10.6 Å². The van der Waals surface area contributed by atoms with Gasteiger partial charge in [-0.25, -0.2) is 9.37 Å². The van der Waals surface area contributed by atoms with Crippen molar-refractivity contribution in [1.29, 1.82) is 0 Å². The molecule has 3 rings (SSSR count). The molecule has 1 unspecified atom stereocenters. The minimum Gasteiger partial charge on any atom is -0.341 e. The number of benzene rings is 1. The molecule has 3 N–H and O–H groups in total. The number of aromatic nitrogens is 2. The standard InChI is InChI=1S/C12H13FN4O/c13-7-1-2-10-9(5-7)11(18)16-12(15-10)17-4-3-8(14)6-17/h1-2,5,8H,3-4,6,14H2,(H,15,16,18). The van der Waals surface area contributed by atoms with Crippen molar-refractivity contribution in [3.63, 3.8) is 0 Å². The van der Waals surface area contributed by atoms with Crippen LogP contribution in [0.1, 0.15) is 6.42 Å². The molecule has 1 atom stereocenters.